The van der Waals surface area contributed by atoms with Gasteiger partial charge in [0.2, 0.25) is 0 Å². The van der Waals surface area contributed by atoms with E-state index >= 15 is 0 Å². The van der Waals surface area contributed by atoms with Gasteiger partial charge >= 0.3 is 5.97 Å². The maximum atomic E-state index is 12.6. The summed E-state index contributed by atoms with van der Waals surface area (Å²) in [7, 11) is 0. The highest BCUT2D eigenvalue weighted by molar-refractivity contribution is 5.95. The lowest BCUT2D eigenvalue weighted by atomic mass is 10.0. The summed E-state index contributed by atoms with van der Waals surface area (Å²) in [6, 6.07) is 14.7. The van der Waals surface area contributed by atoms with Crippen LogP contribution >= 0.6 is 0 Å². The molecule has 3 rings (SSSR count). The zero-order valence-corrected chi connectivity index (χ0v) is 18.2. The van der Waals surface area contributed by atoms with E-state index in [4.69, 9.17) is 4.74 Å². The van der Waals surface area contributed by atoms with Crippen LogP contribution in [0.3, 0.4) is 0 Å². The van der Waals surface area contributed by atoms with Crippen LogP contribution in [0.2, 0.25) is 0 Å². The summed E-state index contributed by atoms with van der Waals surface area (Å²) in [4.78, 5) is 41.5. The molecule has 0 saturated carbocycles. The minimum absolute atomic E-state index is 0.138. The normalized spacial score (nSPS) is 12.9. The summed E-state index contributed by atoms with van der Waals surface area (Å²) in [5.74, 6) is -0.834. The third kappa shape index (κ3) is 4.99. The van der Waals surface area contributed by atoms with Gasteiger partial charge in [-0.3, -0.25) is 9.59 Å². The van der Waals surface area contributed by atoms with Crippen LogP contribution in [-0.2, 0) is 16.1 Å². The van der Waals surface area contributed by atoms with Crippen molar-refractivity contribution in [2.24, 2.45) is 0 Å². The quantitative estimate of drug-likeness (QED) is 0.592. The van der Waals surface area contributed by atoms with Gasteiger partial charge in [0.15, 0.2) is 6.10 Å². The Morgan fingerprint density at radius 3 is 2.52 bits per heavy atom. The van der Waals surface area contributed by atoms with E-state index in [1.54, 1.807) is 36.6 Å². The Hall–Kier alpha value is -3.48. The fourth-order valence-corrected chi connectivity index (χ4v) is 3.39. The molecule has 0 bridgehead atoms. The number of amides is 1. The van der Waals surface area contributed by atoms with Crippen LogP contribution in [0.15, 0.2) is 53.3 Å². The monoisotopic (exact) mass is 421 g/mol. The van der Waals surface area contributed by atoms with E-state index in [-0.39, 0.29) is 22.9 Å². The molecule has 0 aliphatic heterocycles. The number of ether oxygens (including phenoxy) is 1. The number of nitrogens with zero attached hydrogens (tertiary/aromatic N) is 2. The maximum Gasteiger partial charge on any atom is 0.338 e. The molecule has 3 aromatic rings. The third-order valence-electron chi connectivity index (χ3n) is 5.27. The Morgan fingerprint density at radius 1 is 1.13 bits per heavy atom. The number of esters is 1. The molecule has 162 valence electrons. The molecule has 0 fully saturated rings. The minimum Gasteiger partial charge on any atom is -0.449 e. The van der Waals surface area contributed by atoms with E-state index in [1.807, 2.05) is 44.2 Å². The van der Waals surface area contributed by atoms with Crippen molar-refractivity contribution in [3.8, 4) is 0 Å². The Labute approximate surface area is 181 Å². The first kappa shape index (κ1) is 22.2. The van der Waals surface area contributed by atoms with Crippen molar-refractivity contribution in [1.82, 2.24) is 14.9 Å². The lowest BCUT2D eigenvalue weighted by molar-refractivity contribution is -0.129. The van der Waals surface area contributed by atoms with Crippen molar-refractivity contribution in [3.63, 3.8) is 0 Å². The summed E-state index contributed by atoms with van der Waals surface area (Å²) >= 11 is 0. The van der Waals surface area contributed by atoms with Crippen LogP contribution < -0.4 is 10.9 Å². The molecule has 7 heteroatoms. The molecule has 2 aromatic carbocycles. The van der Waals surface area contributed by atoms with Crippen LogP contribution in [0.1, 0.15) is 48.3 Å². The summed E-state index contributed by atoms with van der Waals surface area (Å²) in [5, 5.41) is 2.83. The zero-order valence-electron chi connectivity index (χ0n) is 18.2. The molecule has 0 saturated heterocycles. The summed E-state index contributed by atoms with van der Waals surface area (Å²) < 4.78 is 6.96. The van der Waals surface area contributed by atoms with Crippen LogP contribution in [0.4, 0.5) is 0 Å². The van der Waals surface area contributed by atoms with Crippen molar-refractivity contribution >= 4 is 22.9 Å². The van der Waals surface area contributed by atoms with Gasteiger partial charge < -0.3 is 14.6 Å². The molecule has 0 unspecified atom stereocenters. The molecular weight excluding hydrogens is 394 g/mol. The number of fused-ring (bicyclic) bond motifs is 1. The second kappa shape index (κ2) is 9.55. The molecule has 0 aliphatic carbocycles. The number of carbonyl (C=O) groups is 2. The third-order valence-corrected chi connectivity index (χ3v) is 5.27. The van der Waals surface area contributed by atoms with E-state index in [0.29, 0.717) is 29.8 Å². The van der Waals surface area contributed by atoms with Gasteiger partial charge in [-0.05, 0) is 50.5 Å². The molecule has 1 N–H and O–H groups in total. The molecule has 0 aliphatic rings. The largest absolute Gasteiger partial charge is 0.449 e. The van der Waals surface area contributed by atoms with Crippen molar-refractivity contribution in [3.05, 3.63) is 75.7 Å². The first-order valence-corrected chi connectivity index (χ1v) is 10.4. The van der Waals surface area contributed by atoms with E-state index in [9.17, 15) is 14.4 Å². The highest BCUT2D eigenvalue weighted by atomic mass is 16.5. The van der Waals surface area contributed by atoms with Crippen LogP contribution in [0.25, 0.3) is 11.0 Å². The molecule has 1 amide bonds. The van der Waals surface area contributed by atoms with Crippen molar-refractivity contribution in [2.45, 2.75) is 46.3 Å². The van der Waals surface area contributed by atoms with Gasteiger partial charge in [-0.15, -0.1) is 0 Å². The Balaban J connectivity index is 1.66. The standard InChI is InChI=1S/C24H27N3O4/c1-5-27-21-12-11-19(13-20(21)26-16(3)23(27)29)24(30)31-17(4)22(28)25-14-15(2)18-9-7-6-8-10-18/h6-13,15,17H,5,14H2,1-4H3,(H,25,28)/t15-,17+/m1/s1. The SMILES string of the molecule is CCn1c(=O)c(C)nc2cc(C(=O)O[C@@H](C)C(=O)NC[C@@H](C)c3ccccc3)ccc21. The number of rotatable bonds is 7. The predicted octanol–water partition coefficient (Wildman–Crippen LogP) is 3.19. The molecule has 0 radical (unpaired) electrons. The van der Waals surface area contributed by atoms with Gasteiger partial charge in [0.05, 0.1) is 16.6 Å². The van der Waals surface area contributed by atoms with Gasteiger partial charge in [-0.1, -0.05) is 37.3 Å². The Bertz CT molecular complexity index is 1150. The Morgan fingerprint density at radius 2 is 1.84 bits per heavy atom. The van der Waals surface area contributed by atoms with Crippen LogP contribution in [0, 0.1) is 6.92 Å². The maximum absolute atomic E-state index is 12.6. The average Bonchev–Trinajstić information content (AvgIpc) is 2.78. The predicted molar refractivity (Wildman–Crippen MR) is 119 cm³/mol. The Kier molecular flexibility index (Phi) is 6.84. The molecule has 1 aromatic heterocycles. The van der Waals surface area contributed by atoms with Gasteiger partial charge in [-0.25, -0.2) is 9.78 Å². The smallest absolute Gasteiger partial charge is 0.338 e. The number of nitrogens with one attached hydrogen (secondary N) is 1. The summed E-state index contributed by atoms with van der Waals surface area (Å²) in [6.07, 6.45) is -0.939. The molecule has 0 spiro atoms. The number of aromatic nitrogens is 2. The summed E-state index contributed by atoms with van der Waals surface area (Å²) in [5.41, 5.74) is 2.79. The fraction of sp³-hybridized carbons (Fsp3) is 0.333. The van der Waals surface area contributed by atoms with E-state index in [0.717, 1.165) is 5.56 Å². The van der Waals surface area contributed by atoms with Crippen LogP contribution in [0.5, 0.6) is 0 Å². The number of hydrogen-bond acceptors (Lipinski definition) is 5. The lowest BCUT2D eigenvalue weighted by Crippen LogP contribution is -2.37. The number of aryl methyl sites for hydroxylation is 2. The second-order valence-corrected chi connectivity index (χ2v) is 7.55. The van der Waals surface area contributed by atoms with Crippen LogP contribution in [-0.4, -0.2) is 34.1 Å². The first-order chi connectivity index (χ1) is 14.8. The highest BCUT2D eigenvalue weighted by Crippen LogP contribution is 2.16. The van der Waals surface area contributed by atoms with Crippen molar-refractivity contribution < 1.29 is 14.3 Å². The first-order valence-electron chi connectivity index (χ1n) is 10.4. The zero-order chi connectivity index (χ0) is 22.5. The van der Waals surface area contributed by atoms with E-state index in [1.165, 1.54) is 0 Å². The van der Waals surface area contributed by atoms with Crippen molar-refractivity contribution in [1.29, 1.82) is 0 Å². The topological polar surface area (TPSA) is 90.3 Å². The fourth-order valence-electron chi connectivity index (χ4n) is 3.39. The van der Waals surface area contributed by atoms with Gasteiger partial charge in [0.1, 0.15) is 5.69 Å². The minimum atomic E-state index is -0.939. The number of carbonyl (C=O) groups excluding carboxylic acids is 2. The number of hydrogen-bond donors (Lipinski definition) is 1. The average molecular weight is 421 g/mol. The molecule has 7 nitrogen and oxygen atoms in total. The summed E-state index contributed by atoms with van der Waals surface area (Å²) in [6.45, 7) is 8.02. The second-order valence-electron chi connectivity index (χ2n) is 7.55. The van der Waals surface area contributed by atoms with Gasteiger partial charge in [0, 0.05) is 13.1 Å². The molecule has 2 atom stereocenters. The molecular formula is C24H27N3O4. The molecule has 1 heterocycles. The van der Waals surface area contributed by atoms with Crippen molar-refractivity contribution in [2.75, 3.05) is 6.54 Å². The lowest BCUT2D eigenvalue weighted by Gasteiger charge is -2.17. The van der Waals surface area contributed by atoms with Gasteiger partial charge in [0.25, 0.3) is 11.5 Å². The van der Waals surface area contributed by atoms with Gasteiger partial charge in [-0.2, -0.15) is 0 Å². The van der Waals surface area contributed by atoms with E-state index < -0.39 is 12.1 Å². The van der Waals surface area contributed by atoms with E-state index in [2.05, 4.69) is 10.3 Å². The number of benzene rings is 2. The highest BCUT2D eigenvalue weighted by Gasteiger charge is 2.20. The molecule has 31 heavy (non-hydrogen) atoms.